The summed E-state index contributed by atoms with van der Waals surface area (Å²) in [6.45, 7) is 2.05. The number of hydrogen-bond acceptors (Lipinski definition) is 5. The van der Waals surface area contributed by atoms with E-state index in [0.717, 1.165) is 0 Å². The second kappa shape index (κ2) is 6.57. The summed E-state index contributed by atoms with van der Waals surface area (Å²) in [7, 11) is 0. The Labute approximate surface area is 126 Å². The van der Waals surface area contributed by atoms with E-state index in [0.29, 0.717) is 11.1 Å². The van der Waals surface area contributed by atoms with Crippen LogP contribution in [0.2, 0.25) is 0 Å². The lowest BCUT2D eigenvalue weighted by atomic mass is 9.84. The molecule has 1 aliphatic rings. The molecule has 3 atom stereocenters. The minimum atomic E-state index is -1.09. The molecule has 7 nitrogen and oxygen atoms in total. The van der Waals surface area contributed by atoms with E-state index >= 15 is 0 Å². The molecule has 1 heterocycles. The lowest BCUT2D eigenvalue weighted by Gasteiger charge is -2.19. The zero-order valence-corrected chi connectivity index (χ0v) is 12.0. The van der Waals surface area contributed by atoms with E-state index in [2.05, 4.69) is 5.32 Å². The zero-order chi connectivity index (χ0) is 16.3. The fraction of sp³-hybridized carbons (Fsp3) is 0.400. The summed E-state index contributed by atoms with van der Waals surface area (Å²) in [5.74, 6) is -4.12. The highest BCUT2D eigenvalue weighted by atomic mass is 16.5. The van der Waals surface area contributed by atoms with Crippen LogP contribution in [0.25, 0.3) is 0 Å². The normalized spacial score (nSPS) is 24.0. The fourth-order valence-corrected chi connectivity index (χ4v) is 2.70. The first-order valence-electron chi connectivity index (χ1n) is 6.91. The molecule has 0 saturated carbocycles. The number of rotatable bonds is 5. The maximum atomic E-state index is 11.6. The van der Waals surface area contributed by atoms with Gasteiger partial charge in [0.1, 0.15) is 6.04 Å². The van der Waals surface area contributed by atoms with Crippen molar-refractivity contribution in [2.24, 2.45) is 5.92 Å². The van der Waals surface area contributed by atoms with Gasteiger partial charge in [-0.2, -0.15) is 0 Å². The predicted molar refractivity (Wildman–Crippen MR) is 75.7 cm³/mol. The number of carbonyl (C=O) groups excluding carboxylic acids is 1. The molecule has 3 N–H and O–H groups in total. The maximum absolute atomic E-state index is 11.6. The first kappa shape index (κ1) is 16.0. The second-order valence-electron chi connectivity index (χ2n) is 5.04. The highest BCUT2D eigenvalue weighted by Crippen LogP contribution is 2.33. The summed E-state index contributed by atoms with van der Waals surface area (Å²) < 4.78 is 4.87. The molecule has 1 fully saturated rings. The molecular weight excluding hydrogens is 290 g/mol. The molecule has 118 valence electrons. The largest absolute Gasteiger partial charge is 0.481 e. The van der Waals surface area contributed by atoms with Crippen molar-refractivity contribution in [2.75, 3.05) is 13.2 Å². The van der Waals surface area contributed by atoms with Gasteiger partial charge >= 0.3 is 17.9 Å². The highest BCUT2D eigenvalue weighted by Gasteiger charge is 2.44. The van der Waals surface area contributed by atoms with Crippen LogP contribution in [0.3, 0.4) is 0 Å². The van der Waals surface area contributed by atoms with Crippen LogP contribution >= 0.6 is 0 Å². The summed E-state index contributed by atoms with van der Waals surface area (Å²) in [5.41, 5.74) is 0.910. The third-order valence-corrected chi connectivity index (χ3v) is 3.74. The number of nitrogens with one attached hydrogen (secondary N) is 1. The zero-order valence-electron chi connectivity index (χ0n) is 12.0. The van der Waals surface area contributed by atoms with E-state index in [1.807, 2.05) is 0 Å². The standard InChI is InChI=1S/C15H17NO6/c1-2-22-15(21)9-5-3-8(4-6-9)11-10(13(17)18)7-16-12(11)14(19)20/h3-6,10-12,16H,2,7H2,1H3,(H,17,18)(H,19,20). The Balaban J connectivity index is 2.28. The summed E-state index contributed by atoms with van der Waals surface area (Å²) in [5, 5.41) is 21.2. The molecule has 0 amide bonds. The lowest BCUT2D eigenvalue weighted by Crippen LogP contribution is -2.35. The third-order valence-electron chi connectivity index (χ3n) is 3.74. The monoisotopic (exact) mass is 307 g/mol. The number of carboxylic acid groups (broad SMARTS) is 2. The van der Waals surface area contributed by atoms with Crippen molar-refractivity contribution in [3.63, 3.8) is 0 Å². The SMILES string of the molecule is CCOC(=O)c1ccc(C2C(C(=O)O)CNC2C(=O)O)cc1. The van der Waals surface area contributed by atoms with Gasteiger partial charge in [0, 0.05) is 12.5 Å². The van der Waals surface area contributed by atoms with Crippen LogP contribution in [0.4, 0.5) is 0 Å². The topological polar surface area (TPSA) is 113 Å². The smallest absolute Gasteiger partial charge is 0.338 e. The minimum absolute atomic E-state index is 0.0938. The van der Waals surface area contributed by atoms with Crippen molar-refractivity contribution in [3.8, 4) is 0 Å². The van der Waals surface area contributed by atoms with Crippen LogP contribution in [0.1, 0.15) is 28.8 Å². The van der Waals surface area contributed by atoms with Gasteiger partial charge in [-0.15, -0.1) is 0 Å². The molecule has 0 radical (unpaired) electrons. The molecular formula is C15H17NO6. The number of aliphatic carboxylic acids is 2. The van der Waals surface area contributed by atoms with E-state index in [4.69, 9.17) is 4.74 Å². The molecule has 3 unspecified atom stereocenters. The molecule has 22 heavy (non-hydrogen) atoms. The van der Waals surface area contributed by atoms with Crippen molar-refractivity contribution in [1.29, 1.82) is 0 Å². The van der Waals surface area contributed by atoms with Gasteiger partial charge in [0.25, 0.3) is 0 Å². The molecule has 1 aliphatic heterocycles. The number of ether oxygens (including phenoxy) is 1. The molecule has 0 bridgehead atoms. The third kappa shape index (κ3) is 3.09. The quantitative estimate of drug-likeness (QED) is 0.686. The van der Waals surface area contributed by atoms with Gasteiger partial charge in [-0.05, 0) is 24.6 Å². The Bertz CT molecular complexity index is 560. The molecule has 0 aliphatic carbocycles. The first-order chi connectivity index (χ1) is 10.5. The summed E-state index contributed by atoms with van der Waals surface area (Å²) >= 11 is 0. The molecule has 7 heteroatoms. The number of benzene rings is 1. The molecule has 1 aromatic carbocycles. The lowest BCUT2D eigenvalue weighted by molar-refractivity contribution is -0.142. The van der Waals surface area contributed by atoms with E-state index < -0.39 is 35.8 Å². The van der Waals surface area contributed by atoms with Crippen LogP contribution < -0.4 is 5.32 Å². The Morgan fingerprint density at radius 2 is 1.82 bits per heavy atom. The number of carbonyl (C=O) groups is 3. The van der Waals surface area contributed by atoms with Gasteiger partial charge in [0.15, 0.2) is 0 Å². The second-order valence-corrected chi connectivity index (χ2v) is 5.04. The van der Waals surface area contributed by atoms with Gasteiger partial charge < -0.3 is 20.3 Å². The summed E-state index contributed by atoms with van der Waals surface area (Å²) in [6, 6.07) is 5.23. The fourth-order valence-electron chi connectivity index (χ4n) is 2.70. The van der Waals surface area contributed by atoms with Crippen LogP contribution in [0.15, 0.2) is 24.3 Å². The van der Waals surface area contributed by atoms with Crippen molar-refractivity contribution in [2.45, 2.75) is 18.9 Å². The maximum Gasteiger partial charge on any atom is 0.338 e. The molecule has 1 aromatic rings. The predicted octanol–water partition coefficient (Wildman–Crippen LogP) is 0.704. The van der Waals surface area contributed by atoms with E-state index in [1.54, 1.807) is 19.1 Å². The molecule has 0 spiro atoms. The van der Waals surface area contributed by atoms with Crippen LogP contribution in [-0.4, -0.2) is 47.3 Å². The Hall–Kier alpha value is -2.41. The van der Waals surface area contributed by atoms with E-state index in [9.17, 15) is 24.6 Å². The van der Waals surface area contributed by atoms with Gasteiger partial charge in [-0.3, -0.25) is 9.59 Å². The van der Waals surface area contributed by atoms with Gasteiger partial charge in [-0.25, -0.2) is 4.79 Å². The Morgan fingerprint density at radius 1 is 1.18 bits per heavy atom. The van der Waals surface area contributed by atoms with Gasteiger partial charge in [-0.1, -0.05) is 12.1 Å². The Morgan fingerprint density at radius 3 is 2.32 bits per heavy atom. The molecule has 0 aromatic heterocycles. The summed E-state index contributed by atoms with van der Waals surface area (Å²) in [6.07, 6.45) is 0. The number of carboxylic acids is 2. The van der Waals surface area contributed by atoms with E-state index in [-0.39, 0.29) is 13.2 Å². The average Bonchev–Trinajstić information content (AvgIpc) is 2.93. The highest BCUT2D eigenvalue weighted by molar-refractivity contribution is 5.89. The number of hydrogen-bond donors (Lipinski definition) is 3. The van der Waals surface area contributed by atoms with Gasteiger partial charge in [0.05, 0.1) is 18.1 Å². The van der Waals surface area contributed by atoms with Crippen LogP contribution in [-0.2, 0) is 14.3 Å². The first-order valence-corrected chi connectivity index (χ1v) is 6.91. The minimum Gasteiger partial charge on any atom is -0.481 e. The molecule has 1 saturated heterocycles. The van der Waals surface area contributed by atoms with Crippen molar-refractivity contribution >= 4 is 17.9 Å². The van der Waals surface area contributed by atoms with Crippen LogP contribution in [0.5, 0.6) is 0 Å². The van der Waals surface area contributed by atoms with Crippen molar-refractivity contribution in [3.05, 3.63) is 35.4 Å². The van der Waals surface area contributed by atoms with E-state index in [1.165, 1.54) is 12.1 Å². The molecule has 2 rings (SSSR count). The Kier molecular flexibility index (Phi) is 4.77. The van der Waals surface area contributed by atoms with Crippen LogP contribution in [0, 0.1) is 5.92 Å². The van der Waals surface area contributed by atoms with Crippen molar-refractivity contribution in [1.82, 2.24) is 5.32 Å². The average molecular weight is 307 g/mol. The number of esters is 1. The summed E-state index contributed by atoms with van der Waals surface area (Å²) in [4.78, 5) is 34.2. The van der Waals surface area contributed by atoms with Crippen molar-refractivity contribution < 1.29 is 29.3 Å². The van der Waals surface area contributed by atoms with Gasteiger partial charge in [0.2, 0.25) is 0 Å².